The van der Waals surface area contributed by atoms with Crippen molar-refractivity contribution < 1.29 is 63.6 Å². The Morgan fingerprint density at radius 1 is 0.690 bits per heavy atom. The van der Waals surface area contributed by atoms with E-state index in [1.807, 2.05) is 36.4 Å². The van der Waals surface area contributed by atoms with Crippen LogP contribution in [0.4, 0.5) is 0 Å². The van der Waals surface area contributed by atoms with Crippen molar-refractivity contribution in [1.29, 1.82) is 0 Å². The minimum atomic E-state index is -0.833. The molecule has 0 spiro atoms. The van der Waals surface area contributed by atoms with Gasteiger partial charge in [-0.2, -0.15) is 0 Å². The molecular formula is C32H46Co2N2O6+6. The molecule has 10 heteroatoms. The molecule has 1 aliphatic rings. The minimum Gasteiger partial charge on any atom is -0.507 e. The number of aliphatic carboxylic acids is 2. The molecule has 8 nitrogen and oxygen atoms in total. The fourth-order valence-electron chi connectivity index (χ4n) is 4.33. The molecule has 0 aromatic heterocycles. The number of para-hydroxylation sites is 2. The Morgan fingerprint density at radius 2 is 0.976 bits per heavy atom. The van der Waals surface area contributed by atoms with Gasteiger partial charge in [0.25, 0.3) is 11.9 Å². The van der Waals surface area contributed by atoms with Crippen molar-refractivity contribution in [3.05, 3.63) is 58.7 Å². The summed E-state index contributed by atoms with van der Waals surface area (Å²) in [5, 5.41) is 36.3. The van der Waals surface area contributed by atoms with Crippen LogP contribution in [0.25, 0.3) is 0 Å². The molecule has 42 heavy (non-hydrogen) atoms. The first-order valence-corrected chi connectivity index (χ1v) is 13.6. The monoisotopic (exact) mass is 672 g/mol. The molecule has 2 aromatic rings. The first-order valence-electron chi connectivity index (χ1n) is 13.6. The quantitative estimate of drug-likeness (QED) is 0.266. The van der Waals surface area contributed by atoms with Crippen molar-refractivity contribution in [2.75, 3.05) is 0 Å². The molecule has 4 N–H and O–H groups in total. The van der Waals surface area contributed by atoms with E-state index < -0.39 is 11.9 Å². The van der Waals surface area contributed by atoms with Crippen LogP contribution in [-0.4, -0.2) is 56.9 Å². The Hall–Kier alpha value is -2.67. The number of phenols is 2. The molecular weight excluding hydrogens is 626 g/mol. The molecule has 2 atom stereocenters. The van der Waals surface area contributed by atoms with Crippen LogP contribution in [0.15, 0.2) is 46.4 Å². The third kappa shape index (κ3) is 14.5. The van der Waals surface area contributed by atoms with Crippen LogP contribution in [0.3, 0.4) is 0 Å². The molecule has 232 valence electrons. The Bertz CT molecular complexity index is 1100. The van der Waals surface area contributed by atoms with E-state index in [1.165, 1.54) is 0 Å². The zero-order valence-electron chi connectivity index (χ0n) is 25.8. The maximum atomic E-state index is 10.7. The fraction of sp³-hybridized carbons (Fsp3) is 0.500. The number of hydrogen-bond acceptors (Lipinski definition) is 6. The number of carboxylic acids is 2. The zero-order valence-corrected chi connectivity index (χ0v) is 27.9. The molecule has 0 saturated heterocycles. The van der Waals surface area contributed by atoms with Crippen LogP contribution in [0.1, 0.15) is 103 Å². The van der Waals surface area contributed by atoms with Crippen molar-refractivity contribution in [3.63, 3.8) is 0 Å². The van der Waals surface area contributed by atoms with Gasteiger partial charge in [0.1, 0.15) is 11.5 Å². The maximum Gasteiger partial charge on any atom is 3.00 e. The number of carbonyl (C=O) groups is 2. The van der Waals surface area contributed by atoms with Crippen LogP contribution in [0.2, 0.25) is 0 Å². The maximum absolute atomic E-state index is 10.7. The molecule has 3 rings (SSSR count). The molecule has 1 fully saturated rings. The Morgan fingerprint density at radius 3 is 1.24 bits per heavy atom. The van der Waals surface area contributed by atoms with E-state index >= 15 is 0 Å². The van der Waals surface area contributed by atoms with E-state index in [0.29, 0.717) is 11.5 Å². The summed E-state index contributed by atoms with van der Waals surface area (Å²) >= 11 is 0. The number of nitrogens with zero attached hydrogens (tertiary/aromatic N) is 2. The van der Waals surface area contributed by atoms with Gasteiger partial charge in [-0.15, -0.1) is 0 Å². The summed E-state index contributed by atoms with van der Waals surface area (Å²) in [4.78, 5) is 27.7. The summed E-state index contributed by atoms with van der Waals surface area (Å²) in [5.74, 6) is -1.05. The van der Waals surface area contributed by atoms with E-state index in [-0.39, 0.29) is 56.5 Å². The average Bonchev–Trinajstić information content (AvgIpc) is 2.81. The predicted octanol–water partition coefficient (Wildman–Crippen LogP) is 6.72. The minimum absolute atomic E-state index is 0. The first-order chi connectivity index (χ1) is 18.4. The van der Waals surface area contributed by atoms with Crippen molar-refractivity contribution in [2.45, 2.75) is 104 Å². The largest absolute Gasteiger partial charge is 3.00 e. The fourth-order valence-corrected chi connectivity index (χ4v) is 4.33. The molecule has 1 aliphatic carbocycles. The predicted molar refractivity (Wildman–Crippen MR) is 161 cm³/mol. The summed E-state index contributed by atoms with van der Waals surface area (Å²) in [5.41, 5.74) is 3.09. The van der Waals surface area contributed by atoms with Crippen LogP contribution in [0.5, 0.6) is 11.5 Å². The summed E-state index contributed by atoms with van der Waals surface area (Å²) in [6.45, 7) is 14.7. The van der Waals surface area contributed by atoms with Gasteiger partial charge in [-0.25, -0.2) is 0 Å². The van der Waals surface area contributed by atoms with Crippen LogP contribution in [0, 0.1) is 0 Å². The van der Waals surface area contributed by atoms with Crippen molar-refractivity contribution in [3.8, 4) is 11.5 Å². The smallest absolute Gasteiger partial charge is 0.507 e. The Balaban J connectivity index is 0. The summed E-state index contributed by atoms with van der Waals surface area (Å²) < 4.78 is 0. The third-order valence-electron chi connectivity index (χ3n) is 6.25. The number of benzene rings is 2. The second-order valence-electron chi connectivity index (χ2n) is 12.0. The van der Waals surface area contributed by atoms with Crippen molar-refractivity contribution >= 4 is 24.4 Å². The number of carboxylic acid groups (broad SMARTS) is 2. The Labute approximate surface area is 271 Å². The number of aliphatic imine (C=N–C) groups is 2. The number of phenolic OH excluding ortho intramolecular Hbond substituents is 2. The molecule has 1 saturated carbocycles. The van der Waals surface area contributed by atoms with E-state index in [0.717, 1.165) is 61.8 Å². The molecule has 0 amide bonds. The molecule has 2 unspecified atom stereocenters. The van der Waals surface area contributed by atoms with E-state index in [2.05, 4.69) is 41.5 Å². The molecule has 0 radical (unpaired) electrons. The van der Waals surface area contributed by atoms with Gasteiger partial charge in [-0.3, -0.25) is 19.6 Å². The second-order valence-corrected chi connectivity index (χ2v) is 12.0. The number of aromatic hydroxyl groups is 2. The summed E-state index contributed by atoms with van der Waals surface area (Å²) in [6.07, 6.45) is 7.83. The average molecular weight is 673 g/mol. The molecule has 0 bridgehead atoms. The normalized spacial score (nSPS) is 16.7. The first kappa shape index (κ1) is 41.5. The topological polar surface area (TPSA) is 140 Å². The van der Waals surface area contributed by atoms with Crippen LogP contribution >= 0.6 is 0 Å². The van der Waals surface area contributed by atoms with Crippen LogP contribution < -0.4 is 0 Å². The van der Waals surface area contributed by atoms with Gasteiger partial charge >= 0.3 is 33.6 Å². The standard InChI is InChI=1S/C28H38N2O2.2C2H4O2.2Co/c1-27(2,3)21-13-9-11-19(25(21)31)17-29-23-15-7-8-16-24(23)30-18-20-12-10-14-22(26(20)32)28(4,5)6;2*1-2(3)4;;/h9-14,17-18,23-24,31-32H,7-8,15-16H2,1-6H3;2*1H3,(H,3,4);;/q;;;2*+3. The van der Waals surface area contributed by atoms with Crippen LogP contribution in [-0.2, 0) is 54.0 Å². The van der Waals surface area contributed by atoms with Crippen molar-refractivity contribution in [1.82, 2.24) is 0 Å². The van der Waals surface area contributed by atoms with Crippen molar-refractivity contribution in [2.24, 2.45) is 9.98 Å². The van der Waals surface area contributed by atoms with Gasteiger partial charge < -0.3 is 20.4 Å². The van der Waals surface area contributed by atoms with Gasteiger partial charge in [0, 0.05) is 37.4 Å². The van der Waals surface area contributed by atoms with Gasteiger partial charge in [-0.1, -0.05) is 78.6 Å². The van der Waals surface area contributed by atoms with E-state index in [4.69, 9.17) is 29.8 Å². The van der Waals surface area contributed by atoms with Gasteiger partial charge in [0.2, 0.25) is 0 Å². The zero-order chi connectivity index (χ0) is 30.7. The summed E-state index contributed by atoms with van der Waals surface area (Å²) in [6, 6.07) is 11.9. The SMILES string of the molecule is CC(=O)O.CC(=O)O.CC(C)(C)c1cccc(C=NC2CCCCC2N=Cc2cccc(C(C)(C)C)c2O)c1O.[Co+3].[Co+3]. The van der Waals surface area contributed by atoms with Gasteiger partial charge in [-0.05, 0) is 46.9 Å². The Kier molecular flexibility index (Phi) is 18.5. The number of hydrogen-bond donors (Lipinski definition) is 4. The molecule has 0 heterocycles. The van der Waals surface area contributed by atoms with Gasteiger partial charge in [0.15, 0.2) is 0 Å². The number of rotatable bonds is 4. The van der Waals surface area contributed by atoms with E-state index in [1.54, 1.807) is 12.4 Å². The molecule has 2 aromatic carbocycles. The van der Waals surface area contributed by atoms with Gasteiger partial charge in [0.05, 0.1) is 12.1 Å². The summed E-state index contributed by atoms with van der Waals surface area (Å²) in [7, 11) is 0. The van der Waals surface area contributed by atoms with E-state index in [9.17, 15) is 10.2 Å². The third-order valence-corrected chi connectivity index (χ3v) is 6.25. The molecule has 0 aliphatic heterocycles. The second kappa shape index (κ2) is 18.8.